The van der Waals surface area contributed by atoms with Crippen LogP contribution < -0.4 is 10.2 Å². The molecule has 3 atom stereocenters. The zero-order valence-electron chi connectivity index (χ0n) is 47.7. The van der Waals surface area contributed by atoms with E-state index < -0.39 is 20.0 Å². The van der Waals surface area contributed by atoms with E-state index in [1.54, 1.807) is 6.08 Å². The third-order valence-electron chi connectivity index (χ3n) is 13.8. The summed E-state index contributed by atoms with van der Waals surface area (Å²) in [6.07, 6.45) is 70.5. The highest BCUT2D eigenvalue weighted by Crippen LogP contribution is 2.38. The van der Waals surface area contributed by atoms with E-state index in [1.165, 1.54) is 218 Å². The topological polar surface area (TPSA) is 108 Å². The van der Waals surface area contributed by atoms with Crippen LogP contribution >= 0.6 is 7.82 Å². The molecule has 9 heteroatoms. The number of allylic oxidation sites excluding steroid dienone is 7. The van der Waals surface area contributed by atoms with Crippen LogP contribution in [-0.4, -0.2) is 68.5 Å². The number of phosphoric ester groups is 1. The second-order valence-electron chi connectivity index (χ2n) is 22.1. The summed E-state index contributed by atoms with van der Waals surface area (Å²) < 4.78 is 23.4. The summed E-state index contributed by atoms with van der Waals surface area (Å²) >= 11 is 0. The number of aliphatic hydroxyl groups excluding tert-OH is 1. The standard InChI is InChI=1S/C62H119N2O6P/c1-6-8-10-12-14-16-18-20-22-24-26-27-28-29-30-31-32-33-34-35-36-37-38-40-42-44-46-48-50-52-54-56-62(66)63-60(59-70-71(67,68)69-58-57-64(3,4)5)61(65)55-53-51-49-47-45-43-41-39-25-23-21-19-17-15-13-11-9-7-2/h18,20,24,26,28-29,53,55,60-61,65H,6-17,19,21-23,25,27,30-52,54,56-59H2,1-5H3,(H-,63,66,67,68)/b20-18-,26-24-,29-28-,55-53+. The van der Waals surface area contributed by atoms with Gasteiger partial charge in [0.15, 0.2) is 0 Å². The van der Waals surface area contributed by atoms with Crippen LogP contribution in [0.5, 0.6) is 0 Å². The molecule has 0 aliphatic carbocycles. The Kier molecular flexibility index (Phi) is 52.1. The summed E-state index contributed by atoms with van der Waals surface area (Å²) in [6, 6.07) is -0.887. The summed E-state index contributed by atoms with van der Waals surface area (Å²) in [7, 11) is 1.27. The van der Waals surface area contributed by atoms with Gasteiger partial charge >= 0.3 is 0 Å². The van der Waals surface area contributed by atoms with Gasteiger partial charge in [0, 0.05) is 6.42 Å². The van der Waals surface area contributed by atoms with Crippen molar-refractivity contribution in [1.82, 2.24) is 5.32 Å². The van der Waals surface area contributed by atoms with Crippen LogP contribution in [-0.2, 0) is 18.4 Å². The lowest BCUT2D eigenvalue weighted by molar-refractivity contribution is -0.870. The Bertz CT molecular complexity index is 1290. The molecule has 0 fully saturated rings. The molecule has 8 nitrogen and oxygen atoms in total. The van der Waals surface area contributed by atoms with Gasteiger partial charge < -0.3 is 28.8 Å². The molecule has 0 spiro atoms. The number of amides is 1. The van der Waals surface area contributed by atoms with Crippen molar-refractivity contribution in [3.63, 3.8) is 0 Å². The SMILES string of the molecule is CCCCCCC/C=C\C/C=C\C/C=C\CCCCCCCCCCCCCCCCCCC(=O)NC(COP(=O)([O-])OCC[N+](C)(C)C)C(O)/C=C/CCCCCCCCCCCCCCCCCC. The van der Waals surface area contributed by atoms with Gasteiger partial charge in [-0.3, -0.25) is 9.36 Å². The fourth-order valence-corrected chi connectivity index (χ4v) is 9.71. The molecule has 0 aromatic heterocycles. The molecule has 3 unspecified atom stereocenters. The van der Waals surface area contributed by atoms with E-state index in [0.29, 0.717) is 17.4 Å². The van der Waals surface area contributed by atoms with Crippen molar-refractivity contribution >= 4 is 13.7 Å². The first kappa shape index (κ1) is 69.5. The van der Waals surface area contributed by atoms with Crippen LogP contribution in [0.15, 0.2) is 48.6 Å². The summed E-state index contributed by atoms with van der Waals surface area (Å²) in [4.78, 5) is 25.5. The molecule has 418 valence electrons. The Morgan fingerprint density at radius 3 is 1.18 bits per heavy atom. The van der Waals surface area contributed by atoms with Gasteiger partial charge in [0.1, 0.15) is 13.2 Å². The maximum absolute atomic E-state index is 13.0. The molecule has 0 aromatic rings. The highest BCUT2D eigenvalue weighted by Gasteiger charge is 2.23. The Labute approximate surface area is 441 Å². The number of phosphoric acid groups is 1. The van der Waals surface area contributed by atoms with Crippen molar-refractivity contribution in [2.45, 2.75) is 302 Å². The average Bonchev–Trinajstić information content (AvgIpc) is 3.33. The molecule has 1 amide bonds. The molecule has 0 rings (SSSR count). The quantitative estimate of drug-likeness (QED) is 0.0272. The van der Waals surface area contributed by atoms with E-state index in [-0.39, 0.29) is 19.1 Å². The molecule has 0 saturated heterocycles. The lowest BCUT2D eigenvalue weighted by Crippen LogP contribution is -2.45. The third kappa shape index (κ3) is 56.0. The van der Waals surface area contributed by atoms with E-state index in [1.807, 2.05) is 27.2 Å². The number of unbranched alkanes of at least 4 members (excludes halogenated alkanes) is 37. The van der Waals surface area contributed by atoms with E-state index in [4.69, 9.17) is 9.05 Å². The monoisotopic (exact) mass is 1020 g/mol. The molecule has 0 aromatic carbocycles. The zero-order valence-corrected chi connectivity index (χ0v) is 48.6. The molecule has 2 N–H and O–H groups in total. The Balaban J connectivity index is 4.10. The minimum Gasteiger partial charge on any atom is -0.756 e. The van der Waals surface area contributed by atoms with Crippen molar-refractivity contribution in [3.05, 3.63) is 48.6 Å². The van der Waals surface area contributed by atoms with Crippen LogP contribution in [0.1, 0.15) is 290 Å². The van der Waals surface area contributed by atoms with E-state index >= 15 is 0 Å². The van der Waals surface area contributed by atoms with Gasteiger partial charge in [0.05, 0.1) is 39.9 Å². The average molecular weight is 1020 g/mol. The Morgan fingerprint density at radius 1 is 0.493 bits per heavy atom. The maximum Gasteiger partial charge on any atom is 0.268 e. The van der Waals surface area contributed by atoms with E-state index in [2.05, 4.69) is 55.6 Å². The number of aliphatic hydroxyl groups is 1. The highest BCUT2D eigenvalue weighted by atomic mass is 31.2. The van der Waals surface area contributed by atoms with E-state index in [0.717, 1.165) is 51.4 Å². The summed E-state index contributed by atoms with van der Waals surface area (Å²) in [6.45, 7) is 4.67. The number of nitrogens with zero attached hydrogens (tertiary/aromatic N) is 1. The van der Waals surface area contributed by atoms with E-state index in [9.17, 15) is 19.4 Å². The summed E-state index contributed by atoms with van der Waals surface area (Å²) in [5.74, 6) is -0.195. The predicted octanol–water partition coefficient (Wildman–Crippen LogP) is 18.1. The largest absolute Gasteiger partial charge is 0.756 e. The van der Waals surface area contributed by atoms with Gasteiger partial charge in [0.2, 0.25) is 5.91 Å². The summed E-state index contributed by atoms with van der Waals surface area (Å²) in [5, 5.41) is 13.9. The molecule has 0 bridgehead atoms. The number of rotatable bonds is 56. The lowest BCUT2D eigenvalue weighted by Gasteiger charge is -2.29. The van der Waals surface area contributed by atoms with Crippen molar-refractivity contribution in [3.8, 4) is 0 Å². The van der Waals surface area contributed by atoms with Gasteiger partial charge in [-0.25, -0.2) is 0 Å². The van der Waals surface area contributed by atoms with Gasteiger partial charge in [0.25, 0.3) is 7.82 Å². The number of hydrogen-bond acceptors (Lipinski definition) is 6. The number of quaternary nitrogens is 1. The number of carbonyl (C=O) groups excluding carboxylic acids is 1. The second-order valence-corrected chi connectivity index (χ2v) is 23.5. The van der Waals surface area contributed by atoms with Crippen LogP contribution in [0.25, 0.3) is 0 Å². The molecule has 0 radical (unpaired) electrons. The van der Waals surface area contributed by atoms with Crippen molar-refractivity contribution in [1.29, 1.82) is 0 Å². The maximum atomic E-state index is 13.0. The zero-order chi connectivity index (χ0) is 52.0. The van der Waals surface area contributed by atoms with Crippen LogP contribution in [0, 0.1) is 0 Å². The minimum atomic E-state index is -4.60. The first-order valence-corrected chi connectivity index (χ1v) is 32.0. The van der Waals surface area contributed by atoms with Gasteiger partial charge in [-0.15, -0.1) is 0 Å². The first-order chi connectivity index (χ1) is 34.5. The van der Waals surface area contributed by atoms with Gasteiger partial charge in [-0.1, -0.05) is 274 Å². The fourth-order valence-electron chi connectivity index (χ4n) is 8.99. The number of likely N-dealkylation sites (N-methyl/N-ethyl adjacent to an activating group) is 1. The normalized spacial score (nSPS) is 14.2. The molecule has 0 heterocycles. The number of carbonyl (C=O) groups is 1. The predicted molar refractivity (Wildman–Crippen MR) is 307 cm³/mol. The number of nitrogens with one attached hydrogen (secondary N) is 1. The molecule has 0 aliphatic heterocycles. The third-order valence-corrected chi connectivity index (χ3v) is 14.7. The highest BCUT2D eigenvalue weighted by molar-refractivity contribution is 7.45. The summed E-state index contributed by atoms with van der Waals surface area (Å²) in [5.41, 5.74) is 0. The van der Waals surface area contributed by atoms with Crippen LogP contribution in [0.2, 0.25) is 0 Å². The van der Waals surface area contributed by atoms with Crippen molar-refractivity contribution < 1.29 is 32.9 Å². The van der Waals surface area contributed by atoms with Crippen LogP contribution in [0.4, 0.5) is 0 Å². The second kappa shape index (κ2) is 53.3. The van der Waals surface area contributed by atoms with Crippen molar-refractivity contribution in [2.75, 3.05) is 40.9 Å². The lowest BCUT2D eigenvalue weighted by atomic mass is 10.0. The fraction of sp³-hybridized carbons (Fsp3) is 0.855. The first-order valence-electron chi connectivity index (χ1n) is 30.5. The molecule has 0 aliphatic rings. The van der Waals surface area contributed by atoms with Gasteiger partial charge in [-0.05, 0) is 57.8 Å². The Hall–Kier alpha value is -1.54. The molecule has 0 saturated carbocycles. The minimum absolute atomic E-state index is 0.000544. The molecular weight excluding hydrogens is 900 g/mol. The number of hydrogen-bond donors (Lipinski definition) is 2. The molecule has 71 heavy (non-hydrogen) atoms. The molecular formula is C62H119N2O6P. The smallest absolute Gasteiger partial charge is 0.268 e. The Morgan fingerprint density at radius 2 is 0.817 bits per heavy atom. The van der Waals surface area contributed by atoms with Crippen LogP contribution in [0.3, 0.4) is 0 Å². The van der Waals surface area contributed by atoms with Crippen molar-refractivity contribution in [2.24, 2.45) is 0 Å². The van der Waals surface area contributed by atoms with Gasteiger partial charge in [-0.2, -0.15) is 0 Å².